The van der Waals surface area contributed by atoms with Gasteiger partial charge in [-0.1, -0.05) is 19.1 Å². The van der Waals surface area contributed by atoms with Crippen LogP contribution in [-0.4, -0.2) is 16.3 Å². The summed E-state index contributed by atoms with van der Waals surface area (Å²) in [5.41, 5.74) is 1.89. The molecule has 0 fully saturated rings. The quantitative estimate of drug-likeness (QED) is 0.824. The molecular formula is C13H13FN2O. The van der Waals surface area contributed by atoms with Crippen molar-refractivity contribution in [3.63, 3.8) is 0 Å². The van der Waals surface area contributed by atoms with E-state index in [2.05, 4.69) is 9.97 Å². The molecule has 2 rings (SSSR count). The Balaban J connectivity index is 2.32. The summed E-state index contributed by atoms with van der Waals surface area (Å²) in [6.07, 6.45) is 3.19. The Labute approximate surface area is 98.7 Å². The second-order valence-corrected chi connectivity index (χ2v) is 3.85. The van der Waals surface area contributed by atoms with Gasteiger partial charge in [-0.3, -0.25) is 4.79 Å². The lowest BCUT2D eigenvalue weighted by atomic mass is 9.94. The summed E-state index contributed by atoms with van der Waals surface area (Å²) in [4.78, 5) is 17.5. The van der Waals surface area contributed by atoms with Gasteiger partial charge in [0.1, 0.15) is 5.82 Å². The number of H-pyrrole nitrogens is 1. The van der Waals surface area contributed by atoms with E-state index < -0.39 is 0 Å². The predicted octanol–water partition coefficient (Wildman–Crippen LogP) is 2.90. The summed E-state index contributed by atoms with van der Waals surface area (Å²) >= 11 is 0. The number of aromatic amines is 1. The molecule has 1 atom stereocenters. The van der Waals surface area contributed by atoms with Crippen LogP contribution < -0.4 is 0 Å². The van der Waals surface area contributed by atoms with Crippen LogP contribution in [0.25, 0.3) is 0 Å². The second kappa shape index (κ2) is 4.91. The van der Waals surface area contributed by atoms with Gasteiger partial charge in [0.05, 0.1) is 0 Å². The number of nitrogens with one attached hydrogen (secondary N) is 1. The van der Waals surface area contributed by atoms with Crippen molar-refractivity contribution in [1.82, 2.24) is 9.97 Å². The molecule has 0 saturated carbocycles. The highest BCUT2D eigenvalue weighted by Gasteiger charge is 2.14. The number of halogens is 1. The van der Waals surface area contributed by atoms with Crippen molar-refractivity contribution < 1.29 is 9.18 Å². The molecule has 0 aliphatic carbocycles. The van der Waals surface area contributed by atoms with Crippen LogP contribution in [0, 0.1) is 5.82 Å². The third-order valence-electron chi connectivity index (χ3n) is 2.78. The molecule has 0 bridgehead atoms. The molecular weight excluding hydrogens is 219 g/mol. The zero-order chi connectivity index (χ0) is 12.3. The number of rotatable bonds is 4. The largest absolute Gasteiger partial charge is 0.339 e. The van der Waals surface area contributed by atoms with Gasteiger partial charge in [0.15, 0.2) is 12.1 Å². The van der Waals surface area contributed by atoms with Crippen LogP contribution >= 0.6 is 0 Å². The Morgan fingerprint density at radius 3 is 2.65 bits per heavy atom. The van der Waals surface area contributed by atoms with E-state index in [1.165, 1.54) is 12.1 Å². The molecule has 17 heavy (non-hydrogen) atoms. The normalized spacial score (nSPS) is 12.4. The highest BCUT2D eigenvalue weighted by molar-refractivity contribution is 5.68. The minimum absolute atomic E-state index is 0.108. The number of aldehydes is 1. The van der Waals surface area contributed by atoms with E-state index in [-0.39, 0.29) is 11.7 Å². The maximum atomic E-state index is 12.8. The Hall–Kier alpha value is -1.97. The Morgan fingerprint density at radius 2 is 2.12 bits per heavy atom. The number of hydrogen-bond acceptors (Lipinski definition) is 2. The molecule has 0 radical (unpaired) electrons. The molecule has 4 heteroatoms. The first-order chi connectivity index (χ1) is 8.24. The van der Waals surface area contributed by atoms with Gasteiger partial charge in [-0.05, 0) is 24.1 Å². The van der Waals surface area contributed by atoms with Gasteiger partial charge in [-0.25, -0.2) is 9.37 Å². The SMILES string of the molecule is CCC(c1ccc(F)cc1)c1cnc(C=O)[nH]1. The summed E-state index contributed by atoms with van der Waals surface area (Å²) in [5.74, 6) is 0.180. The molecule has 3 nitrogen and oxygen atoms in total. The molecule has 1 N–H and O–H groups in total. The van der Waals surface area contributed by atoms with E-state index in [9.17, 15) is 9.18 Å². The van der Waals surface area contributed by atoms with Crippen LogP contribution in [0.1, 0.15) is 41.1 Å². The van der Waals surface area contributed by atoms with Gasteiger partial charge in [0, 0.05) is 17.8 Å². The summed E-state index contributed by atoms with van der Waals surface area (Å²) < 4.78 is 12.8. The average Bonchev–Trinajstić information content (AvgIpc) is 2.81. The van der Waals surface area contributed by atoms with Crippen LogP contribution in [0.3, 0.4) is 0 Å². The van der Waals surface area contributed by atoms with Gasteiger partial charge >= 0.3 is 0 Å². The molecule has 0 amide bonds. The van der Waals surface area contributed by atoms with Crippen molar-refractivity contribution in [2.24, 2.45) is 0 Å². The number of nitrogens with zero attached hydrogens (tertiary/aromatic N) is 1. The maximum Gasteiger partial charge on any atom is 0.185 e. The highest BCUT2D eigenvalue weighted by Crippen LogP contribution is 2.26. The fourth-order valence-corrected chi connectivity index (χ4v) is 1.92. The minimum atomic E-state index is -0.248. The predicted molar refractivity (Wildman–Crippen MR) is 62.5 cm³/mol. The molecule has 88 valence electrons. The minimum Gasteiger partial charge on any atom is -0.339 e. The van der Waals surface area contributed by atoms with Gasteiger partial charge in [-0.2, -0.15) is 0 Å². The van der Waals surface area contributed by atoms with E-state index in [1.54, 1.807) is 18.3 Å². The molecule has 1 unspecified atom stereocenters. The zero-order valence-corrected chi connectivity index (χ0v) is 9.48. The average molecular weight is 232 g/mol. The van der Waals surface area contributed by atoms with Crippen LogP contribution in [0.2, 0.25) is 0 Å². The van der Waals surface area contributed by atoms with Crippen molar-refractivity contribution in [3.8, 4) is 0 Å². The van der Waals surface area contributed by atoms with Crippen molar-refractivity contribution in [2.45, 2.75) is 19.3 Å². The first-order valence-corrected chi connectivity index (χ1v) is 5.50. The number of carbonyl (C=O) groups excluding carboxylic acids is 1. The summed E-state index contributed by atoms with van der Waals surface area (Å²) in [6, 6.07) is 6.39. The maximum absolute atomic E-state index is 12.8. The van der Waals surface area contributed by atoms with Gasteiger partial charge in [0.2, 0.25) is 0 Å². The van der Waals surface area contributed by atoms with Gasteiger partial charge < -0.3 is 4.98 Å². The summed E-state index contributed by atoms with van der Waals surface area (Å²) in [6.45, 7) is 2.04. The van der Waals surface area contributed by atoms with Crippen LogP contribution in [-0.2, 0) is 0 Å². The molecule has 1 heterocycles. The van der Waals surface area contributed by atoms with Crippen molar-refractivity contribution >= 4 is 6.29 Å². The van der Waals surface area contributed by atoms with E-state index >= 15 is 0 Å². The number of carbonyl (C=O) groups is 1. The van der Waals surface area contributed by atoms with Crippen molar-refractivity contribution in [1.29, 1.82) is 0 Å². The van der Waals surface area contributed by atoms with Gasteiger partial charge in [0.25, 0.3) is 0 Å². The summed E-state index contributed by atoms with van der Waals surface area (Å²) in [5, 5.41) is 0. The van der Waals surface area contributed by atoms with Gasteiger partial charge in [-0.15, -0.1) is 0 Å². The highest BCUT2D eigenvalue weighted by atomic mass is 19.1. The standard InChI is InChI=1S/C13H13FN2O/c1-2-11(9-3-5-10(14)6-4-9)12-7-15-13(8-17)16-12/h3-8,11H,2H2,1H3,(H,15,16). The monoisotopic (exact) mass is 232 g/mol. The number of hydrogen-bond donors (Lipinski definition) is 1. The first-order valence-electron chi connectivity index (χ1n) is 5.50. The topological polar surface area (TPSA) is 45.8 Å². The molecule has 1 aromatic heterocycles. The Bertz CT molecular complexity index is 504. The molecule has 1 aromatic carbocycles. The number of benzene rings is 1. The summed E-state index contributed by atoms with van der Waals surface area (Å²) in [7, 11) is 0. The Morgan fingerprint density at radius 1 is 1.41 bits per heavy atom. The molecule has 0 saturated heterocycles. The lowest BCUT2D eigenvalue weighted by Crippen LogP contribution is -2.00. The fraction of sp³-hybridized carbons (Fsp3) is 0.231. The number of aromatic nitrogens is 2. The second-order valence-electron chi connectivity index (χ2n) is 3.85. The van der Waals surface area contributed by atoms with E-state index in [1.807, 2.05) is 6.92 Å². The van der Waals surface area contributed by atoms with Crippen LogP contribution in [0.4, 0.5) is 4.39 Å². The Kier molecular flexibility index (Phi) is 3.32. The number of imidazole rings is 1. The van der Waals surface area contributed by atoms with Crippen LogP contribution in [0.15, 0.2) is 30.5 Å². The zero-order valence-electron chi connectivity index (χ0n) is 9.48. The smallest absolute Gasteiger partial charge is 0.185 e. The van der Waals surface area contributed by atoms with Crippen molar-refractivity contribution in [2.75, 3.05) is 0 Å². The third-order valence-corrected chi connectivity index (χ3v) is 2.78. The van der Waals surface area contributed by atoms with E-state index in [4.69, 9.17) is 0 Å². The fourth-order valence-electron chi connectivity index (χ4n) is 1.92. The lowest BCUT2D eigenvalue weighted by Gasteiger charge is -2.13. The molecule has 0 spiro atoms. The van der Waals surface area contributed by atoms with E-state index in [0.717, 1.165) is 17.7 Å². The van der Waals surface area contributed by atoms with Crippen LogP contribution in [0.5, 0.6) is 0 Å². The molecule has 0 aliphatic rings. The lowest BCUT2D eigenvalue weighted by molar-refractivity contribution is 0.111. The van der Waals surface area contributed by atoms with Crippen molar-refractivity contribution in [3.05, 3.63) is 53.4 Å². The molecule has 0 aliphatic heterocycles. The molecule has 2 aromatic rings. The third kappa shape index (κ3) is 2.41. The van der Waals surface area contributed by atoms with E-state index in [0.29, 0.717) is 12.1 Å². The first kappa shape index (κ1) is 11.5.